The number of methoxy groups -OCH3 is 1. The second-order valence-corrected chi connectivity index (χ2v) is 6.69. The van der Waals surface area contributed by atoms with Crippen molar-refractivity contribution in [3.8, 4) is 11.5 Å². The molecule has 0 spiro atoms. The monoisotopic (exact) mass is 337 g/mol. The largest absolute Gasteiger partial charge is 0.507 e. The molecule has 4 atom stereocenters. The van der Waals surface area contributed by atoms with Gasteiger partial charge in [0.15, 0.2) is 0 Å². The van der Waals surface area contributed by atoms with E-state index in [9.17, 15) is 5.11 Å². The summed E-state index contributed by atoms with van der Waals surface area (Å²) in [6, 6.07) is 2.25. The van der Waals surface area contributed by atoms with Crippen LogP contribution in [0.25, 0.3) is 0 Å². The number of nitrogens with one attached hydrogen (secondary N) is 1. The normalized spacial score (nSPS) is 26.7. The zero-order valence-corrected chi connectivity index (χ0v) is 15.1. The summed E-state index contributed by atoms with van der Waals surface area (Å²) in [6.07, 6.45) is 6.84. The predicted molar refractivity (Wildman–Crippen MR) is 97.0 cm³/mol. The average molecular weight is 338 g/mol. The molecule has 2 aliphatic carbocycles. The molecule has 128 valence electrons. The zero-order chi connectivity index (χ0) is 15.9. The van der Waals surface area contributed by atoms with E-state index in [-0.39, 0.29) is 24.4 Å². The first kappa shape index (κ1) is 18.2. The molecule has 3 nitrogen and oxygen atoms in total. The third kappa shape index (κ3) is 2.74. The second-order valence-electron chi connectivity index (χ2n) is 6.69. The van der Waals surface area contributed by atoms with E-state index >= 15 is 0 Å². The highest BCUT2D eigenvalue weighted by Gasteiger charge is 2.45. The van der Waals surface area contributed by atoms with E-state index in [1.165, 1.54) is 31.2 Å². The summed E-state index contributed by atoms with van der Waals surface area (Å²) < 4.78 is 5.72. The van der Waals surface area contributed by atoms with Crippen molar-refractivity contribution >= 4 is 12.4 Å². The van der Waals surface area contributed by atoms with Gasteiger partial charge in [-0.15, -0.1) is 19.0 Å². The van der Waals surface area contributed by atoms with Gasteiger partial charge < -0.3 is 15.2 Å². The lowest BCUT2D eigenvalue weighted by molar-refractivity contribution is 0.267. The van der Waals surface area contributed by atoms with Crippen LogP contribution in [0.2, 0.25) is 0 Å². The maximum atomic E-state index is 10.9. The number of phenolic OH excluding ortho intramolecular Hbond substituents is 1. The van der Waals surface area contributed by atoms with Crippen molar-refractivity contribution in [2.45, 2.75) is 50.5 Å². The molecule has 2 aliphatic rings. The Hall–Kier alpha value is -1.19. The summed E-state index contributed by atoms with van der Waals surface area (Å²) >= 11 is 0. The Morgan fingerprint density at radius 1 is 1.35 bits per heavy atom. The number of fused-ring (bicyclic) bond motifs is 3. The molecule has 2 N–H and O–H groups in total. The van der Waals surface area contributed by atoms with Gasteiger partial charge in [-0.25, -0.2) is 0 Å². The maximum Gasteiger partial charge on any atom is 0.124 e. The van der Waals surface area contributed by atoms with Gasteiger partial charge in [-0.2, -0.15) is 0 Å². The molecule has 23 heavy (non-hydrogen) atoms. The number of aromatic hydroxyl groups is 1. The van der Waals surface area contributed by atoms with Crippen LogP contribution >= 0.6 is 12.4 Å². The number of benzene rings is 1. The van der Waals surface area contributed by atoms with E-state index in [0.29, 0.717) is 17.6 Å². The molecule has 0 amide bonds. The number of rotatable bonds is 4. The van der Waals surface area contributed by atoms with Gasteiger partial charge in [-0.1, -0.05) is 25.8 Å². The summed E-state index contributed by atoms with van der Waals surface area (Å²) in [4.78, 5) is 0. The molecule has 1 fully saturated rings. The van der Waals surface area contributed by atoms with Gasteiger partial charge in [0.25, 0.3) is 0 Å². The smallest absolute Gasteiger partial charge is 0.124 e. The van der Waals surface area contributed by atoms with Crippen LogP contribution < -0.4 is 10.1 Å². The lowest BCUT2D eigenvalue weighted by atomic mass is 9.78. The van der Waals surface area contributed by atoms with Crippen LogP contribution in [0.15, 0.2) is 18.7 Å². The Labute approximate surface area is 145 Å². The molecule has 0 aromatic heterocycles. The van der Waals surface area contributed by atoms with Crippen LogP contribution in [0.5, 0.6) is 11.5 Å². The van der Waals surface area contributed by atoms with Crippen molar-refractivity contribution in [3.05, 3.63) is 35.4 Å². The standard InChI is InChI=1S/C19H27NO2.ClH/c1-5-11(2)14-10-15(22-4)16-12-8-6-7-9-13(12)18(20-3)17(16)19(14)21;/h5,10-13,18,20-21H,1,6-9H2,2-4H3;1H. The first-order valence-electron chi connectivity index (χ1n) is 8.37. The Balaban J connectivity index is 0.00000192. The zero-order valence-electron chi connectivity index (χ0n) is 14.3. The number of halogens is 1. The lowest BCUT2D eigenvalue weighted by Crippen LogP contribution is -2.25. The second kappa shape index (κ2) is 7.14. The predicted octanol–water partition coefficient (Wildman–Crippen LogP) is 4.66. The SMILES string of the molecule is C=CC(C)c1cc(OC)c2c(c1O)C(NC)C1CCCCC21.Cl. The Morgan fingerprint density at radius 3 is 2.65 bits per heavy atom. The van der Waals surface area contributed by atoms with Crippen molar-refractivity contribution in [1.82, 2.24) is 5.32 Å². The molecule has 1 saturated carbocycles. The van der Waals surface area contributed by atoms with Crippen LogP contribution in [0, 0.1) is 5.92 Å². The molecule has 1 aromatic rings. The minimum absolute atomic E-state index is 0. The highest BCUT2D eigenvalue weighted by molar-refractivity contribution is 5.85. The van der Waals surface area contributed by atoms with Gasteiger partial charge in [-0.05, 0) is 37.8 Å². The minimum atomic E-state index is 0. The van der Waals surface area contributed by atoms with Crippen molar-refractivity contribution in [3.63, 3.8) is 0 Å². The molecular formula is C19H28ClNO2. The molecule has 0 saturated heterocycles. The van der Waals surface area contributed by atoms with Crippen LogP contribution in [0.4, 0.5) is 0 Å². The fourth-order valence-electron chi connectivity index (χ4n) is 4.53. The van der Waals surface area contributed by atoms with Crippen molar-refractivity contribution in [2.75, 3.05) is 14.2 Å². The highest BCUT2D eigenvalue weighted by Crippen LogP contribution is 2.58. The van der Waals surface area contributed by atoms with Crippen LogP contribution in [-0.4, -0.2) is 19.3 Å². The highest BCUT2D eigenvalue weighted by atomic mass is 35.5. The maximum absolute atomic E-state index is 10.9. The van der Waals surface area contributed by atoms with E-state index in [4.69, 9.17) is 4.74 Å². The summed E-state index contributed by atoms with van der Waals surface area (Å²) in [5, 5.41) is 14.4. The molecular weight excluding hydrogens is 310 g/mol. The molecule has 0 heterocycles. The Kier molecular flexibility index (Phi) is 5.64. The molecule has 3 rings (SSSR count). The Morgan fingerprint density at radius 2 is 2.04 bits per heavy atom. The van der Waals surface area contributed by atoms with Gasteiger partial charge in [0, 0.05) is 28.7 Å². The van der Waals surface area contributed by atoms with Gasteiger partial charge in [0.2, 0.25) is 0 Å². The Bertz CT molecular complexity index is 587. The third-order valence-electron chi connectivity index (χ3n) is 5.68. The lowest BCUT2D eigenvalue weighted by Gasteiger charge is -2.29. The summed E-state index contributed by atoms with van der Waals surface area (Å²) in [7, 11) is 3.74. The topological polar surface area (TPSA) is 41.5 Å². The van der Waals surface area contributed by atoms with Crippen LogP contribution in [-0.2, 0) is 0 Å². The van der Waals surface area contributed by atoms with E-state index in [0.717, 1.165) is 16.9 Å². The number of allylic oxidation sites excluding steroid dienone is 1. The molecule has 1 aromatic carbocycles. The van der Waals surface area contributed by atoms with E-state index in [2.05, 4.69) is 18.8 Å². The van der Waals surface area contributed by atoms with Crippen LogP contribution in [0.3, 0.4) is 0 Å². The molecule has 4 heteroatoms. The fourth-order valence-corrected chi connectivity index (χ4v) is 4.53. The number of ether oxygens (including phenoxy) is 1. The molecule has 4 unspecified atom stereocenters. The van der Waals surface area contributed by atoms with Crippen LogP contribution in [0.1, 0.15) is 67.2 Å². The molecule has 0 aliphatic heterocycles. The van der Waals surface area contributed by atoms with Gasteiger partial charge in [0.05, 0.1) is 7.11 Å². The molecule has 0 bridgehead atoms. The summed E-state index contributed by atoms with van der Waals surface area (Å²) in [5.74, 6) is 2.57. The number of hydrogen-bond acceptors (Lipinski definition) is 3. The average Bonchev–Trinajstić information content (AvgIpc) is 2.90. The number of phenols is 1. The minimum Gasteiger partial charge on any atom is -0.507 e. The first-order valence-corrected chi connectivity index (χ1v) is 8.37. The summed E-state index contributed by atoms with van der Waals surface area (Å²) in [5.41, 5.74) is 3.23. The van der Waals surface area contributed by atoms with E-state index in [1.807, 2.05) is 19.2 Å². The van der Waals surface area contributed by atoms with Gasteiger partial charge in [-0.3, -0.25) is 0 Å². The van der Waals surface area contributed by atoms with Crippen molar-refractivity contribution in [1.29, 1.82) is 0 Å². The van der Waals surface area contributed by atoms with E-state index in [1.54, 1.807) is 7.11 Å². The van der Waals surface area contributed by atoms with Gasteiger partial charge >= 0.3 is 0 Å². The summed E-state index contributed by atoms with van der Waals surface area (Å²) in [6.45, 7) is 5.93. The third-order valence-corrected chi connectivity index (χ3v) is 5.68. The van der Waals surface area contributed by atoms with Crippen molar-refractivity contribution in [2.24, 2.45) is 5.92 Å². The van der Waals surface area contributed by atoms with Gasteiger partial charge in [0.1, 0.15) is 11.5 Å². The van der Waals surface area contributed by atoms with Crippen molar-refractivity contribution < 1.29 is 9.84 Å². The first-order chi connectivity index (χ1) is 10.6. The number of hydrogen-bond donors (Lipinski definition) is 2. The molecule has 0 radical (unpaired) electrons. The quantitative estimate of drug-likeness (QED) is 0.785. The fraction of sp³-hybridized carbons (Fsp3) is 0.579. The van der Waals surface area contributed by atoms with E-state index < -0.39 is 0 Å².